The van der Waals surface area contributed by atoms with Gasteiger partial charge in [-0.25, -0.2) is 13.4 Å². The van der Waals surface area contributed by atoms with E-state index in [1.807, 2.05) is 13.0 Å². The lowest BCUT2D eigenvalue weighted by atomic mass is 10.1. The SMILES string of the molecule is CCS(=O)(=O)CCCc1cc(C)cnc1N. The van der Waals surface area contributed by atoms with Gasteiger partial charge in [-0.05, 0) is 30.9 Å². The van der Waals surface area contributed by atoms with E-state index >= 15 is 0 Å². The first-order valence-corrected chi connectivity index (χ1v) is 7.18. The summed E-state index contributed by atoms with van der Waals surface area (Å²) in [6.45, 7) is 3.61. The Morgan fingerprint density at radius 3 is 2.75 bits per heavy atom. The molecule has 0 aliphatic heterocycles. The summed E-state index contributed by atoms with van der Waals surface area (Å²) >= 11 is 0. The Hall–Kier alpha value is -1.10. The molecule has 0 radical (unpaired) electrons. The number of hydrogen-bond donors (Lipinski definition) is 1. The van der Waals surface area contributed by atoms with Gasteiger partial charge in [0.25, 0.3) is 0 Å². The third-order valence-electron chi connectivity index (χ3n) is 2.48. The zero-order chi connectivity index (χ0) is 12.2. The van der Waals surface area contributed by atoms with Crippen molar-refractivity contribution >= 4 is 15.7 Å². The molecular formula is C11H18N2O2S. The highest BCUT2D eigenvalue weighted by Crippen LogP contribution is 2.13. The van der Waals surface area contributed by atoms with Gasteiger partial charge >= 0.3 is 0 Å². The Labute approximate surface area is 96.8 Å². The molecule has 0 spiro atoms. The molecule has 0 aliphatic carbocycles. The molecule has 5 heteroatoms. The minimum atomic E-state index is -2.87. The van der Waals surface area contributed by atoms with Crippen LogP contribution in [0.4, 0.5) is 5.82 Å². The average molecular weight is 242 g/mol. The van der Waals surface area contributed by atoms with Crippen LogP contribution in [0, 0.1) is 6.92 Å². The molecule has 0 saturated carbocycles. The molecule has 1 aromatic heterocycles. The van der Waals surface area contributed by atoms with Gasteiger partial charge in [0.15, 0.2) is 0 Å². The summed E-state index contributed by atoms with van der Waals surface area (Å²) in [4.78, 5) is 4.04. The number of anilines is 1. The maximum Gasteiger partial charge on any atom is 0.150 e. The lowest BCUT2D eigenvalue weighted by Crippen LogP contribution is -2.10. The van der Waals surface area contributed by atoms with Crippen molar-refractivity contribution in [2.75, 3.05) is 17.2 Å². The third kappa shape index (κ3) is 3.81. The second-order valence-corrected chi connectivity index (χ2v) is 6.37. The van der Waals surface area contributed by atoms with Crippen LogP contribution in [-0.4, -0.2) is 24.9 Å². The van der Waals surface area contributed by atoms with E-state index < -0.39 is 9.84 Å². The number of nitrogens with zero attached hydrogens (tertiary/aromatic N) is 1. The number of pyridine rings is 1. The van der Waals surface area contributed by atoms with Crippen LogP contribution in [0.15, 0.2) is 12.3 Å². The highest BCUT2D eigenvalue weighted by Gasteiger charge is 2.08. The fourth-order valence-corrected chi connectivity index (χ4v) is 2.34. The molecule has 0 aromatic carbocycles. The lowest BCUT2D eigenvalue weighted by molar-refractivity contribution is 0.594. The molecule has 90 valence electrons. The van der Waals surface area contributed by atoms with E-state index in [1.165, 1.54) is 0 Å². The fourth-order valence-electron chi connectivity index (χ4n) is 1.47. The van der Waals surface area contributed by atoms with Crippen LogP contribution in [0.25, 0.3) is 0 Å². The average Bonchev–Trinajstić information content (AvgIpc) is 2.23. The lowest BCUT2D eigenvalue weighted by Gasteiger charge is -2.05. The Bertz CT molecular complexity index is 455. The number of rotatable bonds is 5. The number of aromatic nitrogens is 1. The Morgan fingerprint density at radius 1 is 1.44 bits per heavy atom. The van der Waals surface area contributed by atoms with Gasteiger partial charge < -0.3 is 5.73 Å². The van der Waals surface area contributed by atoms with E-state index in [-0.39, 0.29) is 11.5 Å². The minimum Gasteiger partial charge on any atom is -0.383 e. The Kier molecular flexibility index (Phi) is 4.29. The maximum absolute atomic E-state index is 11.3. The summed E-state index contributed by atoms with van der Waals surface area (Å²) in [5.41, 5.74) is 7.69. The minimum absolute atomic E-state index is 0.203. The van der Waals surface area contributed by atoms with Crippen LogP contribution in [0.3, 0.4) is 0 Å². The van der Waals surface area contributed by atoms with Crippen LogP contribution in [-0.2, 0) is 16.3 Å². The summed E-state index contributed by atoms with van der Waals surface area (Å²) in [7, 11) is -2.87. The standard InChI is InChI=1S/C11H18N2O2S/c1-3-16(14,15)6-4-5-10-7-9(2)8-13-11(10)12/h7-8H,3-6H2,1-2H3,(H2,12,13). The van der Waals surface area contributed by atoms with Gasteiger partial charge in [0.05, 0.1) is 5.75 Å². The summed E-state index contributed by atoms with van der Waals surface area (Å²) in [6.07, 6.45) is 2.98. The zero-order valence-corrected chi connectivity index (χ0v) is 10.5. The quantitative estimate of drug-likeness (QED) is 0.845. The molecule has 0 bridgehead atoms. The van der Waals surface area contributed by atoms with Gasteiger partial charge in [-0.3, -0.25) is 0 Å². The normalized spacial score (nSPS) is 11.6. The van der Waals surface area contributed by atoms with Crippen LogP contribution in [0.1, 0.15) is 24.5 Å². The molecule has 0 amide bonds. The van der Waals surface area contributed by atoms with Gasteiger partial charge in [-0.1, -0.05) is 13.0 Å². The zero-order valence-electron chi connectivity index (χ0n) is 9.73. The van der Waals surface area contributed by atoms with Crippen molar-refractivity contribution in [3.63, 3.8) is 0 Å². The van der Waals surface area contributed by atoms with Crippen LogP contribution < -0.4 is 5.73 Å². The van der Waals surface area contributed by atoms with E-state index in [9.17, 15) is 8.42 Å². The Morgan fingerprint density at radius 2 is 2.12 bits per heavy atom. The monoisotopic (exact) mass is 242 g/mol. The Balaban J connectivity index is 2.59. The maximum atomic E-state index is 11.3. The van der Waals surface area contributed by atoms with Crippen molar-refractivity contribution in [3.8, 4) is 0 Å². The molecule has 0 unspecified atom stereocenters. The fraction of sp³-hybridized carbons (Fsp3) is 0.545. The molecule has 0 fully saturated rings. The van der Waals surface area contributed by atoms with E-state index in [1.54, 1.807) is 13.1 Å². The predicted molar refractivity (Wildman–Crippen MR) is 66.0 cm³/mol. The van der Waals surface area contributed by atoms with E-state index in [0.29, 0.717) is 18.7 Å². The number of aryl methyl sites for hydroxylation is 2. The van der Waals surface area contributed by atoms with Crippen molar-refractivity contribution in [1.82, 2.24) is 4.98 Å². The molecule has 2 N–H and O–H groups in total. The molecule has 0 atom stereocenters. The first-order valence-electron chi connectivity index (χ1n) is 5.36. The van der Waals surface area contributed by atoms with E-state index in [4.69, 9.17) is 5.73 Å². The van der Waals surface area contributed by atoms with Crippen molar-refractivity contribution in [2.45, 2.75) is 26.7 Å². The molecule has 1 heterocycles. The predicted octanol–water partition coefficient (Wildman–Crippen LogP) is 1.34. The number of sulfone groups is 1. The van der Waals surface area contributed by atoms with E-state index in [2.05, 4.69) is 4.98 Å². The summed E-state index contributed by atoms with van der Waals surface area (Å²) < 4.78 is 22.6. The van der Waals surface area contributed by atoms with Gasteiger partial charge in [0, 0.05) is 11.9 Å². The molecular weight excluding hydrogens is 224 g/mol. The molecule has 0 aliphatic rings. The van der Waals surface area contributed by atoms with Crippen molar-refractivity contribution < 1.29 is 8.42 Å². The first kappa shape index (κ1) is 13.0. The highest BCUT2D eigenvalue weighted by atomic mass is 32.2. The summed E-state index contributed by atoms with van der Waals surface area (Å²) in [5.74, 6) is 0.922. The largest absolute Gasteiger partial charge is 0.383 e. The molecule has 1 aromatic rings. The number of nitrogen functional groups attached to an aromatic ring is 1. The summed E-state index contributed by atoms with van der Waals surface area (Å²) in [6, 6.07) is 1.96. The number of nitrogens with two attached hydrogens (primary N) is 1. The highest BCUT2D eigenvalue weighted by molar-refractivity contribution is 7.91. The van der Waals surface area contributed by atoms with Gasteiger partial charge in [-0.15, -0.1) is 0 Å². The molecule has 16 heavy (non-hydrogen) atoms. The smallest absolute Gasteiger partial charge is 0.150 e. The first-order chi connectivity index (χ1) is 7.44. The van der Waals surface area contributed by atoms with Crippen molar-refractivity contribution in [2.24, 2.45) is 0 Å². The topological polar surface area (TPSA) is 73.0 Å². The van der Waals surface area contributed by atoms with Crippen LogP contribution in [0.2, 0.25) is 0 Å². The second kappa shape index (κ2) is 5.30. The van der Waals surface area contributed by atoms with Gasteiger partial charge in [0.1, 0.15) is 15.7 Å². The van der Waals surface area contributed by atoms with Crippen molar-refractivity contribution in [3.05, 3.63) is 23.4 Å². The second-order valence-electron chi connectivity index (χ2n) is 3.90. The molecule has 4 nitrogen and oxygen atoms in total. The van der Waals surface area contributed by atoms with Crippen LogP contribution >= 0.6 is 0 Å². The number of hydrogen-bond acceptors (Lipinski definition) is 4. The molecule has 1 rings (SSSR count). The van der Waals surface area contributed by atoms with Crippen molar-refractivity contribution in [1.29, 1.82) is 0 Å². The molecule has 0 saturated heterocycles. The third-order valence-corrected chi connectivity index (χ3v) is 4.27. The van der Waals surface area contributed by atoms with E-state index in [0.717, 1.165) is 11.1 Å². The van der Waals surface area contributed by atoms with Crippen LogP contribution in [0.5, 0.6) is 0 Å². The summed E-state index contributed by atoms with van der Waals surface area (Å²) in [5, 5.41) is 0. The van der Waals surface area contributed by atoms with Gasteiger partial charge in [-0.2, -0.15) is 0 Å². The van der Waals surface area contributed by atoms with Gasteiger partial charge in [0.2, 0.25) is 0 Å².